The zero-order valence-corrected chi connectivity index (χ0v) is 19.6. The molecule has 2 rings (SSSR count). The van der Waals surface area contributed by atoms with E-state index in [9.17, 15) is 9.59 Å². The number of aryl methyl sites for hydroxylation is 1. The lowest BCUT2D eigenvalue weighted by atomic mass is 10.1. The Morgan fingerprint density at radius 2 is 1.74 bits per heavy atom. The lowest BCUT2D eigenvalue weighted by molar-refractivity contribution is -0.140. The summed E-state index contributed by atoms with van der Waals surface area (Å²) in [5.41, 5.74) is 2.14. The van der Waals surface area contributed by atoms with Gasteiger partial charge < -0.3 is 15.0 Å². The van der Waals surface area contributed by atoms with Gasteiger partial charge in [-0.25, -0.2) is 0 Å². The van der Waals surface area contributed by atoms with E-state index in [2.05, 4.69) is 5.32 Å². The number of nitrogens with one attached hydrogen (secondary N) is 1. The van der Waals surface area contributed by atoms with Crippen LogP contribution in [-0.4, -0.2) is 35.9 Å². The van der Waals surface area contributed by atoms with E-state index in [1.165, 1.54) is 0 Å². The molecule has 0 saturated heterocycles. The van der Waals surface area contributed by atoms with E-state index < -0.39 is 6.04 Å². The van der Waals surface area contributed by atoms with Gasteiger partial charge in [0.2, 0.25) is 11.8 Å². The third-order valence-corrected chi connectivity index (χ3v) is 5.32. The summed E-state index contributed by atoms with van der Waals surface area (Å²) in [6, 6.07) is 14.5. The van der Waals surface area contributed by atoms with Crippen LogP contribution in [0.1, 0.15) is 44.7 Å². The first kappa shape index (κ1) is 24.7. The van der Waals surface area contributed by atoms with E-state index in [0.29, 0.717) is 43.5 Å². The fourth-order valence-electron chi connectivity index (χ4n) is 3.09. The molecule has 2 amide bonds. The van der Waals surface area contributed by atoms with E-state index >= 15 is 0 Å². The molecule has 0 heterocycles. The van der Waals surface area contributed by atoms with Crippen molar-refractivity contribution in [2.24, 2.45) is 5.92 Å². The van der Waals surface area contributed by atoms with Crippen LogP contribution in [0.25, 0.3) is 0 Å². The molecule has 0 aromatic heterocycles. The second-order valence-electron chi connectivity index (χ2n) is 8.17. The number of hydrogen-bond acceptors (Lipinski definition) is 3. The Morgan fingerprint density at radius 3 is 2.39 bits per heavy atom. The molecule has 168 valence electrons. The lowest BCUT2D eigenvalue weighted by Crippen LogP contribution is -2.48. The SMILES string of the molecule is Cc1ccccc1CN(C(=O)CCCOc1ccc(Cl)cc1)C(C)C(=O)NCC(C)C. The summed E-state index contributed by atoms with van der Waals surface area (Å²) in [4.78, 5) is 27.4. The number of ether oxygens (including phenoxy) is 1. The molecule has 0 spiro atoms. The van der Waals surface area contributed by atoms with Crippen molar-refractivity contribution in [2.45, 2.75) is 53.1 Å². The number of nitrogens with zero attached hydrogens (tertiary/aromatic N) is 1. The molecule has 5 nitrogen and oxygen atoms in total. The fraction of sp³-hybridized carbons (Fsp3) is 0.440. The van der Waals surface area contributed by atoms with Gasteiger partial charge in [-0.2, -0.15) is 0 Å². The lowest BCUT2D eigenvalue weighted by Gasteiger charge is -2.29. The van der Waals surface area contributed by atoms with Crippen molar-refractivity contribution >= 4 is 23.4 Å². The minimum absolute atomic E-state index is 0.0600. The van der Waals surface area contributed by atoms with Gasteiger partial charge in [0.1, 0.15) is 11.8 Å². The van der Waals surface area contributed by atoms with Crippen LogP contribution in [0.2, 0.25) is 5.02 Å². The van der Waals surface area contributed by atoms with Crippen LogP contribution < -0.4 is 10.1 Å². The molecule has 1 N–H and O–H groups in total. The summed E-state index contributed by atoms with van der Waals surface area (Å²) in [7, 11) is 0. The third kappa shape index (κ3) is 8.25. The molecule has 0 fully saturated rings. The largest absolute Gasteiger partial charge is 0.494 e. The van der Waals surface area contributed by atoms with Gasteiger partial charge in [0.25, 0.3) is 0 Å². The van der Waals surface area contributed by atoms with Gasteiger partial charge in [0, 0.05) is 24.5 Å². The molecule has 1 atom stereocenters. The molecule has 2 aromatic rings. The number of amides is 2. The van der Waals surface area contributed by atoms with Crippen molar-refractivity contribution in [2.75, 3.05) is 13.2 Å². The average Bonchev–Trinajstić information content (AvgIpc) is 2.75. The molecule has 0 saturated carbocycles. The number of hydrogen-bond donors (Lipinski definition) is 1. The molecule has 6 heteroatoms. The highest BCUT2D eigenvalue weighted by atomic mass is 35.5. The predicted octanol–water partition coefficient (Wildman–Crippen LogP) is 5.00. The third-order valence-electron chi connectivity index (χ3n) is 5.07. The van der Waals surface area contributed by atoms with Crippen molar-refractivity contribution in [3.8, 4) is 5.75 Å². The molecule has 0 aliphatic rings. The number of halogens is 1. The normalized spacial score (nSPS) is 11.8. The first-order valence-electron chi connectivity index (χ1n) is 10.8. The first-order valence-corrected chi connectivity index (χ1v) is 11.2. The van der Waals surface area contributed by atoms with Gasteiger partial charge in [0.05, 0.1) is 6.61 Å². The maximum absolute atomic E-state index is 13.1. The summed E-state index contributed by atoms with van der Waals surface area (Å²) < 4.78 is 5.69. The van der Waals surface area contributed by atoms with E-state index in [1.54, 1.807) is 36.1 Å². The quantitative estimate of drug-likeness (QED) is 0.496. The molecule has 31 heavy (non-hydrogen) atoms. The highest BCUT2D eigenvalue weighted by Gasteiger charge is 2.26. The average molecular weight is 445 g/mol. The Bertz CT molecular complexity index is 852. The van der Waals surface area contributed by atoms with Crippen molar-refractivity contribution in [1.29, 1.82) is 0 Å². The van der Waals surface area contributed by atoms with Crippen LogP contribution >= 0.6 is 11.6 Å². The molecule has 2 aromatic carbocycles. The van der Waals surface area contributed by atoms with E-state index in [1.807, 2.05) is 45.0 Å². The van der Waals surface area contributed by atoms with E-state index in [0.717, 1.165) is 16.9 Å². The zero-order valence-electron chi connectivity index (χ0n) is 18.9. The van der Waals surface area contributed by atoms with E-state index in [-0.39, 0.29) is 11.8 Å². The number of benzene rings is 2. The van der Waals surface area contributed by atoms with Gasteiger partial charge in [-0.3, -0.25) is 9.59 Å². The molecule has 1 unspecified atom stereocenters. The Hall–Kier alpha value is -2.53. The Kier molecular flexibility index (Phi) is 9.86. The number of carbonyl (C=O) groups is 2. The molecular weight excluding hydrogens is 412 g/mol. The van der Waals surface area contributed by atoms with Crippen LogP contribution in [-0.2, 0) is 16.1 Å². The highest BCUT2D eigenvalue weighted by Crippen LogP contribution is 2.17. The van der Waals surface area contributed by atoms with Gasteiger partial charge in [0.15, 0.2) is 0 Å². The summed E-state index contributed by atoms with van der Waals surface area (Å²) >= 11 is 5.88. The number of carbonyl (C=O) groups excluding carboxylic acids is 2. The minimum Gasteiger partial charge on any atom is -0.494 e. The maximum atomic E-state index is 13.1. The summed E-state index contributed by atoms with van der Waals surface area (Å²) in [6.45, 7) is 9.30. The van der Waals surface area contributed by atoms with Crippen LogP contribution in [0, 0.1) is 12.8 Å². The Labute approximate surface area is 190 Å². The predicted molar refractivity (Wildman–Crippen MR) is 125 cm³/mol. The fourth-order valence-corrected chi connectivity index (χ4v) is 3.22. The Balaban J connectivity index is 2.00. The minimum atomic E-state index is -0.553. The second-order valence-corrected chi connectivity index (χ2v) is 8.61. The highest BCUT2D eigenvalue weighted by molar-refractivity contribution is 6.30. The maximum Gasteiger partial charge on any atom is 0.242 e. The molecule has 0 aliphatic heterocycles. The smallest absolute Gasteiger partial charge is 0.242 e. The standard InChI is InChI=1S/C25H33ClN2O3/c1-18(2)16-27-25(30)20(4)28(17-21-9-6-5-8-19(21)3)24(29)10-7-15-31-23-13-11-22(26)12-14-23/h5-6,8-9,11-14,18,20H,7,10,15-17H2,1-4H3,(H,27,30). The molecular formula is C25H33ClN2O3. The van der Waals surface area contributed by atoms with Crippen molar-refractivity contribution in [1.82, 2.24) is 10.2 Å². The van der Waals surface area contributed by atoms with Crippen LogP contribution in [0.15, 0.2) is 48.5 Å². The zero-order chi connectivity index (χ0) is 22.8. The van der Waals surface area contributed by atoms with Gasteiger partial charge >= 0.3 is 0 Å². The molecule has 0 radical (unpaired) electrons. The summed E-state index contributed by atoms with van der Waals surface area (Å²) in [6.07, 6.45) is 0.868. The van der Waals surface area contributed by atoms with Crippen LogP contribution in [0.5, 0.6) is 5.75 Å². The van der Waals surface area contributed by atoms with Gasteiger partial charge in [-0.05, 0) is 61.6 Å². The van der Waals surface area contributed by atoms with Crippen molar-refractivity contribution < 1.29 is 14.3 Å². The molecule has 0 bridgehead atoms. The topological polar surface area (TPSA) is 58.6 Å². The molecule has 0 aliphatic carbocycles. The monoisotopic (exact) mass is 444 g/mol. The second kappa shape index (κ2) is 12.4. The van der Waals surface area contributed by atoms with Gasteiger partial charge in [-0.1, -0.05) is 49.7 Å². The number of rotatable bonds is 11. The summed E-state index contributed by atoms with van der Waals surface area (Å²) in [5, 5.41) is 3.59. The van der Waals surface area contributed by atoms with Crippen molar-refractivity contribution in [3.63, 3.8) is 0 Å². The summed E-state index contributed by atoms with van der Waals surface area (Å²) in [5.74, 6) is 0.875. The van der Waals surface area contributed by atoms with Gasteiger partial charge in [-0.15, -0.1) is 0 Å². The first-order chi connectivity index (χ1) is 14.8. The van der Waals surface area contributed by atoms with Crippen LogP contribution in [0.3, 0.4) is 0 Å². The van der Waals surface area contributed by atoms with E-state index in [4.69, 9.17) is 16.3 Å². The Morgan fingerprint density at radius 1 is 1.06 bits per heavy atom. The van der Waals surface area contributed by atoms with Crippen molar-refractivity contribution in [3.05, 3.63) is 64.7 Å². The van der Waals surface area contributed by atoms with Crippen LogP contribution in [0.4, 0.5) is 0 Å².